The maximum absolute atomic E-state index is 13.6. The van der Waals surface area contributed by atoms with Crippen LogP contribution in [0.1, 0.15) is 64.9 Å². The van der Waals surface area contributed by atoms with E-state index in [4.69, 9.17) is 9.72 Å². The highest BCUT2D eigenvalue weighted by Gasteiger charge is 2.45. The molecular formula is C31H28N2O5. The van der Waals surface area contributed by atoms with E-state index in [0.29, 0.717) is 47.5 Å². The summed E-state index contributed by atoms with van der Waals surface area (Å²) < 4.78 is 6.85. The van der Waals surface area contributed by atoms with Gasteiger partial charge in [0, 0.05) is 28.5 Å². The molecule has 0 saturated heterocycles. The van der Waals surface area contributed by atoms with Gasteiger partial charge in [-0.2, -0.15) is 0 Å². The molecule has 2 aromatic heterocycles. The zero-order valence-electron chi connectivity index (χ0n) is 21.4. The number of fused-ring (bicyclic) bond motifs is 5. The number of hydrogen-bond donors (Lipinski definition) is 1. The topological polar surface area (TPSA) is 98.5 Å². The molecule has 0 bridgehead atoms. The van der Waals surface area contributed by atoms with Crippen LogP contribution >= 0.6 is 0 Å². The smallest absolute Gasteiger partial charge is 0.343 e. The van der Waals surface area contributed by atoms with E-state index in [1.807, 2.05) is 48.5 Å². The lowest BCUT2D eigenvalue weighted by Gasteiger charge is -2.31. The molecular weight excluding hydrogens is 480 g/mol. The molecule has 0 fully saturated rings. The van der Waals surface area contributed by atoms with Crippen LogP contribution in [0, 0.1) is 0 Å². The van der Waals surface area contributed by atoms with Crippen LogP contribution in [0.25, 0.3) is 22.3 Å². The number of rotatable bonds is 6. The van der Waals surface area contributed by atoms with Crippen LogP contribution in [-0.4, -0.2) is 26.4 Å². The van der Waals surface area contributed by atoms with Gasteiger partial charge >= 0.3 is 5.97 Å². The van der Waals surface area contributed by atoms with Gasteiger partial charge in [0.2, 0.25) is 0 Å². The quantitative estimate of drug-likeness (QED) is 0.269. The second kappa shape index (κ2) is 9.03. The summed E-state index contributed by atoms with van der Waals surface area (Å²) in [6, 6.07) is 17.0. The van der Waals surface area contributed by atoms with Crippen LogP contribution in [0.5, 0.6) is 0 Å². The molecule has 38 heavy (non-hydrogen) atoms. The molecule has 192 valence electrons. The van der Waals surface area contributed by atoms with Crippen molar-refractivity contribution in [1.82, 2.24) is 9.55 Å². The molecule has 6 rings (SSSR count). The molecule has 0 amide bonds. The minimum Gasteiger partial charge on any atom is -0.458 e. The van der Waals surface area contributed by atoms with Crippen molar-refractivity contribution in [3.63, 3.8) is 0 Å². The highest BCUT2D eigenvalue weighted by molar-refractivity contribution is 5.97. The van der Waals surface area contributed by atoms with Crippen molar-refractivity contribution in [2.24, 2.45) is 0 Å². The Bertz CT molecular complexity index is 1690. The molecule has 1 N–H and O–H groups in total. The first-order valence-corrected chi connectivity index (χ1v) is 13.1. The molecule has 0 radical (unpaired) electrons. The van der Waals surface area contributed by atoms with Crippen molar-refractivity contribution in [2.45, 2.75) is 58.3 Å². The lowest BCUT2D eigenvalue weighted by Crippen LogP contribution is -2.44. The predicted molar refractivity (Wildman–Crippen MR) is 143 cm³/mol. The first-order valence-electron chi connectivity index (χ1n) is 13.1. The van der Waals surface area contributed by atoms with E-state index in [9.17, 15) is 19.5 Å². The SMILES string of the molecule is CCc1c2c(nc3cccc(CCC(=O)c4ccccc4)c13)-c1cc3c(c(=O)n1C2)COC(=O)[C@]3(O)CC. The molecule has 7 heteroatoms. The summed E-state index contributed by atoms with van der Waals surface area (Å²) in [5, 5.41) is 12.2. The average Bonchev–Trinajstić information content (AvgIpc) is 3.31. The number of benzene rings is 2. The fourth-order valence-electron chi connectivity index (χ4n) is 5.92. The van der Waals surface area contributed by atoms with Gasteiger partial charge in [-0.15, -0.1) is 0 Å². The molecule has 0 unspecified atom stereocenters. The normalized spacial score (nSPS) is 17.6. The third kappa shape index (κ3) is 3.53. The Morgan fingerprint density at radius 1 is 1.08 bits per heavy atom. The fraction of sp³-hybridized carbons (Fsp3) is 0.290. The van der Waals surface area contributed by atoms with Crippen molar-refractivity contribution in [3.05, 3.63) is 98.3 Å². The van der Waals surface area contributed by atoms with Crippen molar-refractivity contribution < 1.29 is 19.4 Å². The first-order chi connectivity index (χ1) is 18.4. The van der Waals surface area contributed by atoms with Crippen molar-refractivity contribution >= 4 is 22.7 Å². The van der Waals surface area contributed by atoms with Crippen LogP contribution in [-0.2, 0) is 41.1 Å². The summed E-state index contributed by atoms with van der Waals surface area (Å²) in [6.45, 7) is 3.99. The maximum Gasteiger partial charge on any atom is 0.343 e. The number of esters is 1. The van der Waals surface area contributed by atoms with Gasteiger partial charge in [-0.1, -0.05) is 56.3 Å². The molecule has 2 aromatic carbocycles. The van der Waals surface area contributed by atoms with Crippen LogP contribution < -0.4 is 5.56 Å². The third-order valence-corrected chi connectivity index (χ3v) is 7.99. The van der Waals surface area contributed by atoms with Gasteiger partial charge in [0.15, 0.2) is 11.4 Å². The van der Waals surface area contributed by atoms with Gasteiger partial charge in [0.05, 0.1) is 29.0 Å². The Morgan fingerprint density at radius 3 is 2.61 bits per heavy atom. The summed E-state index contributed by atoms with van der Waals surface area (Å²) >= 11 is 0. The van der Waals surface area contributed by atoms with Crippen LogP contribution in [0.4, 0.5) is 0 Å². The minimum absolute atomic E-state index is 0.0967. The molecule has 4 aromatic rings. The number of hydrogen-bond acceptors (Lipinski definition) is 6. The number of aromatic nitrogens is 2. The van der Waals surface area contributed by atoms with Gasteiger partial charge in [-0.25, -0.2) is 9.78 Å². The summed E-state index contributed by atoms with van der Waals surface area (Å²) in [6.07, 6.45) is 1.81. The Morgan fingerprint density at radius 2 is 1.87 bits per heavy atom. The van der Waals surface area contributed by atoms with Gasteiger partial charge in [0.1, 0.15) is 6.61 Å². The van der Waals surface area contributed by atoms with E-state index in [1.54, 1.807) is 17.6 Å². The van der Waals surface area contributed by atoms with E-state index >= 15 is 0 Å². The summed E-state index contributed by atoms with van der Waals surface area (Å²) in [5.74, 6) is -0.634. The Labute approximate surface area is 219 Å². The fourth-order valence-corrected chi connectivity index (χ4v) is 5.92. The van der Waals surface area contributed by atoms with E-state index in [0.717, 1.165) is 34.0 Å². The Hall–Kier alpha value is -4.10. The van der Waals surface area contributed by atoms with E-state index in [-0.39, 0.29) is 24.4 Å². The summed E-state index contributed by atoms with van der Waals surface area (Å²) in [7, 11) is 0. The zero-order chi connectivity index (χ0) is 26.6. The van der Waals surface area contributed by atoms with Gasteiger partial charge in [-0.05, 0) is 42.5 Å². The molecule has 0 saturated carbocycles. The molecule has 7 nitrogen and oxygen atoms in total. The maximum atomic E-state index is 13.6. The largest absolute Gasteiger partial charge is 0.458 e. The second-order valence-electron chi connectivity index (χ2n) is 9.97. The summed E-state index contributed by atoms with van der Waals surface area (Å²) in [4.78, 5) is 43.8. The number of Topliss-reactive ketones (excluding diaryl/α,β-unsaturated/α-hetero) is 1. The number of nitrogens with zero attached hydrogens (tertiary/aromatic N) is 2. The average molecular weight is 509 g/mol. The Kier molecular flexibility index (Phi) is 5.76. The number of aliphatic hydroxyl groups is 1. The van der Waals surface area contributed by atoms with Crippen LogP contribution in [0.15, 0.2) is 59.4 Å². The van der Waals surface area contributed by atoms with Gasteiger partial charge < -0.3 is 14.4 Å². The lowest BCUT2D eigenvalue weighted by molar-refractivity contribution is -0.172. The number of ether oxygens (including phenoxy) is 1. The molecule has 0 spiro atoms. The Balaban J connectivity index is 1.47. The zero-order valence-corrected chi connectivity index (χ0v) is 21.4. The number of ketones is 1. The first kappa shape index (κ1) is 24.2. The molecule has 1 atom stereocenters. The summed E-state index contributed by atoms with van der Waals surface area (Å²) in [5.41, 5.74) is 4.44. The highest BCUT2D eigenvalue weighted by atomic mass is 16.6. The standard InChI is InChI=1S/C31H28N2O5/c1-3-20-21-16-33-25(15-23-22(29(33)35)17-38-30(36)31(23,37)4-2)28(21)32-24-12-8-11-19(27(20)24)13-14-26(34)18-9-6-5-7-10-18/h5-12,15,37H,3-4,13-14,16-17H2,1-2H3/t31-/m0/s1. The van der Waals surface area contributed by atoms with Crippen molar-refractivity contribution in [2.75, 3.05) is 0 Å². The second-order valence-corrected chi connectivity index (χ2v) is 9.97. The number of carbonyl (C=O) groups excluding carboxylic acids is 2. The number of carbonyl (C=O) groups is 2. The number of cyclic esters (lactones) is 1. The van der Waals surface area contributed by atoms with Crippen molar-refractivity contribution in [1.29, 1.82) is 0 Å². The molecule has 0 aliphatic carbocycles. The van der Waals surface area contributed by atoms with Gasteiger partial charge in [-0.3, -0.25) is 9.59 Å². The van der Waals surface area contributed by atoms with Crippen molar-refractivity contribution in [3.8, 4) is 11.4 Å². The van der Waals surface area contributed by atoms with E-state index < -0.39 is 11.6 Å². The number of pyridine rings is 2. The van der Waals surface area contributed by atoms with E-state index in [1.165, 1.54) is 0 Å². The van der Waals surface area contributed by atoms with Gasteiger partial charge in [0.25, 0.3) is 5.56 Å². The monoisotopic (exact) mass is 508 g/mol. The number of aryl methyl sites for hydroxylation is 2. The lowest BCUT2D eigenvalue weighted by atomic mass is 9.86. The van der Waals surface area contributed by atoms with Crippen LogP contribution in [0.2, 0.25) is 0 Å². The van der Waals surface area contributed by atoms with E-state index in [2.05, 4.69) is 6.92 Å². The predicted octanol–water partition coefficient (Wildman–Crippen LogP) is 4.46. The van der Waals surface area contributed by atoms with Crippen LogP contribution in [0.3, 0.4) is 0 Å². The third-order valence-electron chi connectivity index (χ3n) is 7.99. The minimum atomic E-state index is -1.85. The molecule has 2 aliphatic rings. The highest BCUT2D eigenvalue weighted by Crippen LogP contribution is 2.41. The molecule has 2 aliphatic heterocycles. The molecule has 4 heterocycles.